The van der Waals surface area contributed by atoms with Gasteiger partial charge in [0.15, 0.2) is 6.61 Å². The number of rotatable bonds is 7. The van der Waals surface area contributed by atoms with Crippen LogP contribution in [0.5, 0.6) is 0 Å². The van der Waals surface area contributed by atoms with Gasteiger partial charge in [-0.1, -0.05) is 60.2 Å². The monoisotopic (exact) mass is 442 g/mol. The number of fused-ring (bicyclic) bond motifs is 1. The smallest absolute Gasteiger partial charge is 0.308 e. The maximum absolute atomic E-state index is 12.5. The Morgan fingerprint density at radius 3 is 2.33 bits per heavy atom. The van der Waals surface area contributed by atoms with Gasteiger partial charge in [0.1, 0.15) is 0 Å². The van der Waals surface area contributed by atoms with Crippen molar-refractivity contribution in [1.82, 2.24) is 4.90 Å². The summed E-state index contributed by atoms with van der Waals surface area (Å²) in [6.07, 6.45) is -0.196. The molecule has 0 atom stereocenters. The van der Waals surface area contributed by atoms with Crippen molar-refractivity contribution in [3.8, 4) is 11.1 Å². The number of carbonyl (C=O) groups excluding carboxylic acids is 4. The fourth-order valence-corrected chi connectivity index (χ4v) is 3.68. The van der Waals surface area contributed by atoms with Crippen molar-refractivity contribution in [1.29, 1.82) is 0 Å². The molecule has 166 valence electrons. The van der Waals surface area contributed by atoms with Gasteiger partial charge in [-0.05, 0) is 30.7 Å². The number of anilines is 1. The molecule has 3 aromatic carbocycles. The number of ether oxygens (including phenoxy) is 1. The second-order valence-electron chi connectivity index (χ2n) is 7.68. The van der Waals surface area contributed by atoms with Gasteiger partial charge in [-0.15, -0.1) is 0 Å². The summed E-state index contributed by atoms with van der Waals surface area (Å²) in [6, 6.07) is 22.0. The summed E-state index contributed by atoms with van der Waals surface area (Å²) in [5.74, 6) is -2.02. The van der Waals surface area contributed by atoms with Crippen LogP contribution in [-0.2, 0) is 14.3 Å². The molecule has 0 fully saturated rings. The molecule has 0 saturated carbocycles. The van der Waals surface area contributed by atoms with Crippen LogP contribution < -0.4 is 5.32 Å². The molecule has 1 aliphatic heterocycles. The van der Waals surface area contributed by atoms with E-state index in [4.69, 9.17) is 4.74 Å². The number of hydrogen-bond donors (Lipinski definition) is 1. The van der Waals surface area contributed by atoms with Crippen LogP contribution >= 0.6 is 0 Å². The number of para-hydroxylation sites is 1. The van der Waals surface area contributed by atoms with Gasteiger partial charge in [0.25, 0.3) is 17.7 Å². The average Bonchev–Trinajstić information content (AvgIpc) is 3.06. The topological polar surface area (TPSA) is 92.8 Å². The van der Waals surface area contributed by atoms with Gasteiger partial charge in [-0.3, -0.25) is 24.1 Å². The Morgan fingerprint density at radius 2 is 1.55 bits per heavy atom. The van der Waals surface area contributed by atoms with Gasteiger partial charge in [0, 0.05) is 17.8 Å². The highest BCUT2D eigenvalue weighted by molar-refractivity contribution is 6.21. The standard InChI is InChI=1S/C26H22N2O5/c1-17-11-12-20-21(15-17)26(32)28(25(20)31)14-13-24(30)33-16-23(29)27-22-10-6-5-9-19(22)18-7-3-2-4-8-18/h2-12,15H,13-14,16H2,1H3,(H,27,29). The van der Waals surface area contributed by atoms with Crippen molar-refractivity contribution < 1.29 is 23.9 Å². The summed E-state index contributed by atoms with van der Waals surface area (Å²) >= 11 is 0. The van der Waals surface area contributed by atoms with Crippen molar-refractivity contribution >= 4 is 29.4 Å². The SMILES string of the molecule is Cc1ccc2c(c1)C(=O)N(CCC(=O)OCC(=O)Nc1ccccc1-c1ccccc1)C2=O. The van der Waals surface area contributed by atoms with Gasteiger partial charge < -0.3 is 10.1 Å². The van der Waals surface area contributed by atoms with Crippen LogP contribution in [0.25, 0.3) is 11.1 Å². The third kappa shape index (κ3) is 4.82. The first kappa shape index (κ1) is 22.0. The summed E-state index contributed by atoms with van der Waals surface area (Å²) in [4.78, 5) is 50.4. The molecule has 4 rings (SSSR count). The lowest BCUT2D eigenvalue weighted by Gasteiger charge is -2.14. The minimum absolute atomic E-state index is 0.108. The largest absolute Gasteiger partial charge is 0.456 e. The summed E-state index contributed by atoms with van der Waals surface area (Å²) in [6.45, 7) is 1.26. The number of nitrogens with zero attached hydrogens (tertiary/aromatic N) is 1. The molecular formula is C26H22N2O5. The molecule has 0 spiro atoms. The Morgan fingerprint density at radius 1 is 0.848 bits per heavy atom. The molecule has 0 radical (unpaired) electrons. The van der Waals surface area contributed by atoms with Crippen LogP contribution in [-0.4, -0.2) is 41.7 Å². The molecule has 33 heavy (non-hydrogen) atoms. The molecule has 7 heteroatoms. The molecule has 7 nitrogen and oxygen atoms in total. The summed E-state index contributed by atoms with van der Waals surface area (Å²) < 4.78 is 5.05. The highest BCUT2D eigenvalue weighted by atomic mass is 16.5. The lowest BCUT2D eigenvalue weighted by Crippen LogP contribution is -2.32. The van der Waals surface area contributed by atoms with Crippen molar-refractivity contribution in [2.45, 2.75) is 13.3 Å². The second kappa shape index (κ2) is 9.48. The lowest BCUT2D eigenvalue weighted by atomic mass is 10.0. The van der Waals surface area contributed by atoms with E-state index in [1.165, 1.54) is 0 Å². The zero-order valence-electron chi connectivity index (χ0n) is 18.0. The number of aryl methyl sites for hydroxylation is 1. The third-order valence-electron chi connectivity index (χ3n) is 5.32. The normalized spacial score (nSPS) is 12.5. The Balaban J connectivity index is 1.29. The first-order valence-corrected chi connectivity index (χ1v) is 10.5. The maximum Gasteiger partial charge on any atom is 0.308 e. The fraction of sp³-hybridized carbons (Fsp3) is 0.154. The van der Waals surface area contributed by atoms with Crippen LogP contribution in [0.15, 0.2) is 72.8 Å². The van der Waals surface area contributed by atoms with Crippen molar-refractivity contribution in [2.24, 2.45) is 0 Å². The molecule has 0 aliphatic carbocycles. The lowest BCUT2D eigenvalue weighted by molar-refractivity contribution is -0.147. The molecule has 0 aromatic heterocycles. The zero-order valence-corrected chi connectivity index (χ0v) is 18.0. The minimum Gasteiger partial charge on any atom is -0.456 e. The maximum atomic E-state index is 12.5. The highest BCUT2D eigenvalue weighted by Crippen LogP contribution is 2.27. The van der Waals surface area contributed by atoms with E-state index in [0.717, 1.165) is 21.6 Å². The van der Waals surface area contributed by atoms with Crippen molar-refractivity contribution in [3.05, 3.63) is 89.5 Å². The first-order chi connectivity index (χ1) is 15.9. The summed E-state index contributed by atoms with van der Waals surface area (Å²) in [7, 11) is 0. The number of benzene rings is 3. The highest BCUT2D eigenvalue weighted by Gasteiger charge is 2.35. The van der Waals surface area contributed by atoms with E-state index >= 15 is 0 Å². The molecule has 0 unspecified atom stereocenters. The molecule has 1 aliphatic rings. The second-order valence-corrected chi connectivity index (χ2v) is 7.68. The van der Waals surface area contributed by atoms with E-state index < -0.39 is 30.3 Å². The van der Waals surface area contributed by atoms with Gasteiger partial charge in [-0.2, -0.15) is 0 Å². The fourth-order valence-electron chi connectivity index (χ4n) is 3.68. The van der Waals surface area contributed by atoms with Gasteiger partial charge in [-0.25, -0.2) is 0 Å². The number of hydrogen-bond acceptors (Lipinski definition) is 5. The quantitative estimate of drug-likeness (QED) is 0.443. The number of esters is 1. The van der Waals surface area contributed by atoms with E-state index in [0.29, 0.717) is 16.8 Å². The molecular weight excluding hydrogens is 420 g/mol. The summed E-state index contributed by atoms with van der Waals surface area (Å²) in [5.41, 5.74) is 3.93. The minimum atomic E-state index is -0.672. The molecule has 1 heterocycles. The van der Waals surface area contributed by atoms with Crippen molar-refractivity contribution in [2.75, 3.05) is 18.5 Å². The van der Waals surface area contributed by atoms with Crippen LogP contribution in [0.3, 0.4) is 0 Å². The Labute approximate surface area is 191 Å². The number of nitrogens with one attached hydrogen (secondary N) is 1. The molecule has 0 saturated heterocycles. The molecule has 3 aromatic rings. The van der Waals surface area contributed by atoms with E-state index in [2.05, 4.69) is 5.32 Å². The van der Waals surface area contributed by atoms with Crippen LogP contribution in [0.2, 0.25) is 0 Å². The number of amides is 3. The van der Waals surface area contributed by atoms with E-state index in [-0.39, 0.29) is 13.0 Å². The Bertz CT molecular complexity index is 1240. The average molecular weight is 442 g/mol. The van der Waals surface area contributed by atoms with E-state index in [1.54, 1.807) is 30.3 Å². The Kier molecular flexibility index (Phi) is 6.31. The molecule has 1 N–H and O–H groups in total. The molecule has 0 bridgehead atoms. The van der Waals surface area contributed by atoms with Gasteiger partial charge >= 0.3 is 5.97 Å². The van der Waals surface area contributed by atoms with Crippen molar-refractivity contribution in [3.63, 3.8) is 0 Å². The van der Waals surface area contributed by atoms with Crippen LogP contribution in [0.1, 0.15) is 32.7 Å². The predicted molar refractivity (Wildman–Crippen MR) is 123 cm³/mol. The van der Waals surface area contributed by atoms with Gasteiger partial charge in [0.05, 0.1) is 17.5 Å². The van der Waals surface area contributed by atoms with E-state index in [9.17, 15) is 19.2 Å². The number of carbonyl (C=O) groups is 4. The number of imide groups is 1. The summed E-state index contributed by atoms with van der Waals surface area (Å²) in [5, 5.41) is 2.76. The van der Waals surface area contributed by atoms with Crippen LogP contribution in [0, 0.1) is 6.92 Å². The van der Waals surface area contributed by atoms with E-state index in [1.807, 2.05) is 49.4 Å². The Hall–Kier alpha value is -4.26. The van der Waals surface area contributed by atoms with Gasteiger partial charge in [0.2, 0.25) is 0 Å². The zero-order chi connectivity index (χ0) is 23.4. The first-order valence-electron chi connectivity index (χ1n) is 10.5. The van der Waals surface area contributed by atoms with Crippen LogP contribution in [0.4, 0.5) is 5.69 Å². The molecule has 3 amide bonds. The predicted octanol–water partition coefficient (Wildman–Crippen LogP) is 3.83. The third-order valence-corrected chi connectivity index (χ3v) is 5.32.